The average Bonchev–Trinajstić information content (AvgIpc) is 2.89. The third-order valence-electron chi connectivity index (χ3n) is 6.65. The van der Waals surface area contributed by atoms with Crippen molar-refractivity contribution in [1.82, 2.24) is 14.7 Å². The van der Waals surface area contributed by atoms with E-state index in [0.717, 1.165) is 24.3 Å². The van der Waals surface area contributed by atoms with E-state index in [4.69, 9.17) is 9.47 Å². The van der Waals surface area contributed by atoms with E-state index in [1.54, 1.807) is 12.4 Å². The summed E-state index contributed by atoms with van der Waals surface area (Å²) in [5.41, 5.74) is 2.51. The van der Waals surface area contributed by atoms with Gasteiger partial charge in [-0.25, -0.2) is 18.7 Å². The zero-order valence-electron chi connectivity index (χ0n) is 20.8. The van der Waals surface area contributed by atoms with Crippen LogP contribution in [0, 0.1) is 0 Å². The first-order chi connectivity index (χ1) is 16.8. The second kappa shape index (κ2) is 13.3. The molecule has 2 saturated heterocycles. The Morgan fingerprint density at radius 1 is 1.03 bits per heavy atom. The number of benzene rings is 1. The van der Waals surface area contributed by atoms with Crippen LogP contribution in [0.3, 0.4) is 0 Å². The number of unbranched alkanes of at least 4 members (excludes halogenated alkanes) is 1. The topological polar surface area (TPSA) is 129 Å². The summed E-state index contributed by atoms with van der Waals surface area (Å²) in [6, 6.07) is 7.73. The van der Waals surface area contributed by atoms with Crippen LogP contribution in [0.15, 0.2) is 24.3 Å². The van der Waals surface area contributed by atoms with Gasteiger partial charge in [0.05, 0.1) is 13.2 Å². The van der Waals surface area contributed by atoms with E-state index in [2.05, 4.69) is 11.8 Å². The van der Waals surface area contributed by atoms with Crippen LogP contribution in [0.1, 0.15) is 39.5 Å². The normalized spacial score (nSPS) is 18.2. The molecule has 13 heteroatoms. The predicted octanol–water partition coefficient (Wildman–Crippen LogP) is 2.24. The lowest BCUT2D eigenvalue weighted by Gasteiger charge is -2.43. The standard InChI is InChI=1S/C23H36N4O7S.ClH/c1-3-5-18-34-20-8-6-19(7-9-20)25-14-16-27(17-15-25)35(31,32)23(21(28)24-30)10-12-26(13-11-23)22(29)33-4-2;/h6-9,30H,3-5,10-18H2,1-2H3,(H,24,28);1H. The van der Waals surface area contributed by atoms with Gasteiger partial charge in [0.25, 0.3) is 5.91 Å². The quantitative estimate of drug-likeness (QED) is 0.273. The lowest BCUT2D eigenvalue weighted by Crippen LogP contribution is -2.64. The highest BCUT2D eigenvalue weighted by atomic mass is 35.5. The molecule has 1 aromatic carbocycles. The molecule has 0 aromatic heterocycles. The van der Waals surface area contributed by atoms with Crippen molar-refractivity contribution in [3.05, 3.63) is 24.3 Å². The van der Waals surface area contributed by atoms with Gasteiger partial charge in [-0.05, 0) is 50.5 Å². The number of sulfonamides is 1. The van der Waals surface area contributed by atoms with E-state index in [9.17, 15) is 23.2 Å². The first-order valence-electron chi connectivity index (χ1n) is 12.1. The van der Waals surface area contributed by atoms with Crippen LogP contribution in [0.5, 0.6) is 5.75 Å². The highest BCUT2D eigenvalue weighted by Gasteiger charge is 2.55. The molecule has 36 heavy (non-hydrogen) atoms. The van der Waals surface area contributed by atoms with Crippen molar-refractivity contribution in [1.29, 1.82) is 0 Å². The molecule has 11 nitrogen and oxygen atoms in total. The van der Waals surface area contributed by atoms with Crippen molar-refractivity contribution in [2.45, 2.75) is 44.3 Å². The van der Waals surface area contributed by atoms with Crippen molar-refractivity contribution in [3.8, 4) is 5.75 Å². The Morgan fingerprint density at radius 2 is 1.64 bits per heavy atom. The van der Waals surface area contributed by atoms with E-state index in [-0.39, 0.29) is 58.0 Å². The number of hydroxylamine groups is 1. The van der Waals surface area contributed by atoms with Gasteiger partial charge in [0.1, 0.15) is 5.75 Å². The molecule has 2 N–H and O–H groups in total. The van der Waals surface area contributed by atoms with Gasteiger partial charge in [0.2, 0.25) is 10.0 Å². The molecule has 2 amide bonds. The largest absolute Gasteiger partial charge is 0.494 e. The number of rotatable bonds is 9. The minimum atomic E-state index is -4.11. The number of ether oxygens (including phenoxy) is 2. The fraction of sp³-hybridized carbons (Fsp3) is 0.652. The fourth-order valence-electron chi connectivity index (χ4n) is 4.49. The van der Waals surface area contributed by atoms with Crippen molar-refractivity contribution < 1.29 is 32.7 Å². The molecule has 2 fully saturated rings. The molecule has 204 valence electrons. The first-order valence-corrected chi connectivity index (χ1v) is 13.6. The van der Waals surface area contributed by atoms with Crippen molar-refractivity contribution in [2.75, 3.05) is 57.4 Å². The number of likely N-dealkylation sites (tertiary alicyclic amines) is 1. The monoisotopic (exact) mass is 548 g/mol. The van der Waals surface area contributed by atoms with E-state index in [1.165, 1.54) is 9.21 Å². The third-order valence-corrected chi connectivity index (χ3v) is 9.28. The Morgan fingerprint density at radius 3 is 2.17 bits per heavy atom. The molecule has 0 saturated carbocycles. The van der Waals surface area contributed by atoms with Crippen LogP contribution in [-0.4, -0.2) is 92.1 Å². The fourth-order valence-corrected chi connectivity index (χ4v) is 6.61. The van der Waals surface area contributed by atoms with Crippen LogP contribution in [0.2, 0.25) is 0 Å². The minimum Gasteiger partial charge on any atom is -0.494 e. The van der Waals surface area contributed by atoms with E-state index in [1.807, 2.05) is 24.3 Å². The maximum Gasteiger partial charge on any atom is 0.409 e. The number of carbonyl (C=O) groups is 2. The lowest BCUT2D eigenvalue weighted by atomic mass is 9.95. The van der Waals surface area contributed by atoms with Crippen LogP contribution in [-0.2, 0) is 19.6 Å². The number of piperidine rings is 1. The molecule has 2 aliphatic rings. The molecule has 3 rings (SSSR count). The number of hydrogen-bond donors (Lipinski definition) is 2. The smallest absolute Gasteiger partial charge is 0.409 e. The Kier molecular flexibility index (Phi) is 11.1. The summed E-state index contributed by atoms with van der Waals surface area (Å²) in [5, 5.41) is 9.35. The van der Waals surface area contributed by atoms with Crippen molar-refractivity contribution in [3.63, 3.8) is 0 Å². The Hall–Kier alpha value is -2.28. The molecule has 0 atom stereocenters. The molecule has 0 radical (unpaired) electrons. The van der Waals surface area contributed by atoms with Gasteiger partial charge in [0, 0.05) is 45.0 Å². The second-order valence-corrected chi connectivity index (χ2v) is 11.0. The second-order valence-electron chi connectivity index (χ2n) is 8.71. The van der Waals surface area contributed by atoms with Crippen LogP contribution in [0.4, 0.5) is 10.5 Å². The number of carbonyl (C=O) groups excluding carboxylic acids is 2. The number of anilines is 1. The predicted molar refractivity (Wildman–Crippen MR) is 137 cm³/mol. The van der Waals surface area contributed by atoms with E-state index in [0.29, 0.717) is 19.7 Å². The van der Waals surface area contributed by atoms with Crippen molar-refractivity contribution >= 4 is 40.1 Å². The summed E-state index contributed by atoms with van der Waals surface area (Å²) < 4.78 is 37.5. The van der Waals surface area contributed by atoms with Gasteiger partial charge >= 0.3 is 6.09 Å². The van der Waals surface area contributed by atoms with Crippen LogP contribution < -0.4 is 15.1 Å². The zero-order chi connectivity index (χ0) is 25.5. The zero-order valence-corrected chi connectivity index (χ0v) is 22.5. The summed E-state index contributed by atoms with van der Waals surface area (Å²) in [6.45, 7) is 6.08. The van der Waals surface area contributed by atoms with Crippen LogP contribution in [0.25, 0.3) is 0 Å². The number of halogens is 1. The number of amides is 2. The van der Waals surface area contributed by atoms with Gasteiger partial charge in [-0.15, -0.1) is 12.4 Å². The summed E-state index contributed by atoms with van der Waals surface area (Å²) in [7, 11) is -4.11. The average molecular weight is 549 g/mol. The lowest BCUT2D eigenvalue weighted by molar-refractivity contribution is -0.133. The summed E-state index contributed by atoms with van der Waals surface area (Å²) in [5.74, 6) is -0.170. The minimum absolute atomic E-state index is 0. The third kappa shape index (κ3) is 6.34. The number of nitrogens with zero attached hydrogens (tertiary/aromatic N) is 3. The van der Waals surface area contributed by atoms with Gasteiger partial charge in [-0.3, -0.25) is 10.0 Å². The number of piperazine rings is 1. The number of nitrogens with one attached hydrogen (secondary N) is 1. The molecule has 0 unspecified atom stereocenters. The summed E-state index contributed by atoms with van der Waals surface area (Å²) in [4.78, 5) is 28.2. The van der Waals surface area contributed by atoms with Gasteiger partial charge < -0.3 is 19.3 Å². The Labute approximate surface area is 219 Å². The van der Waals surface area contributed by atoms with E-state index < -0.39 is 26.8 Å². The highest BCUT2D eigenvalue weighted by Crippen LogP contribution is 2.35. The Bertz CT molecular complexity index is 961. The molecule has 0 bridgehead atoms. The maximum atomic E-state index is 13.7. The molecule has 1 aromatic rings. The molecule has 2 aliphatic heterocycles. The molecule has 0 aliphatic carbocycles. The Balaban J connectivity index is 0.00000456. The summed E-state index contributed by atoms with van der Waals surface area (Å²) >= 11 is 0. The number of hydrogen-bond acceptors (Lipinski definition) is 8. The molecular weight excluding hydrogens is 512 g/mol. The molecule has 0 spiro atoms. The van der Waals surface area contributed by atoms with E-state index >= 15 is 0 Å². The van der Waals surface area contributed by atoms with Gasteiger partial charge in [-0.1, -0.05) is 13.3 Å². The van der Waals surface area contributed by atoms with Crippen LogP contribution >= 0.6 is 12.4 Å². The highest BCUT2D eigenvalue weighted by molar-refractivity contribution is 7.91. The van der Waals surface area contributed by atoms with Gasteiger partial charge in [0.15, 0.2) is 4.75 Å². The first kappa shape index (κ1) is 29.9. The van der Waals surface area contributed by atoms with Crippen molar-refractivity contribution in [2.24, 2.45) is 0 Å². The molecular formula is C23H37ClN4O7S. The van der Waals surface area contributed by atoms with Gasteiger partial charge in [-0.2, -0.15) is 4.31 Å². The molecule has 2 heterocycles. The summed E-state index contributed by atoms with van der Waals surface area (Å²) in [6.07, 6.45) is 1.27. The SMILES string of the molecule is CCCCOc1ccc(N2CCN(S(=O)(=O)C3(C(=O)NO)CCN(C(=O)OCC)CC3)CC2)cc1.Cl. The maximum absolute atomic E-state index is 13.7.